The Morgan fingerprint density at radius 1 is 0.833 bits per heavy atom. The Bertz CT molecular complexity index is 993. The summed E-state index contributed by atoms with van der Waals surface area (Å²) in [6.07, 6.45) is 11.8. The predicted molar refractivity (Wildman–Crippen MR) is 147 cm³/mol. The third kappa shape index (κ3) is 9.67. The molecule has 0 atom stereocenters. The number of nitrogens with zero attached hydrogens (tertiary/aromatic N) is 4. The maximum absolute atomic E-state index is 12.7. The number of aromatic amines is 1. The van der Waals surface area contributed by atoms with E-state index in [0.29, 0.717) is 13.0 Å². The summed E-state index contributed by atoms with van der Waals surface area (Å²) >= 11 is 0. The topological polar surface area (TPSA) is 65.1 Å². The van der Waals surface area contributed by atoms with Crippen molar-refractivity contribution in [2.45, 2.75) is 78.9 Å². The van der Waals surface area contributed by atoms with Crippen LogP contribution >= 0.6 is 0 Å². The van der Waals surface area contributed by atoms with Gasteiger partial charge in [-0.2, -0.15) is 0 Å². The van der Waals surface area contributed by atoms with Gasteiger partial charge in [-0.3, -0.25) is 14.7 Å². The number of hydrogen-bond acceptors (Lipinski definition) is 5. The highest BCUT2D eigenvalue weighted by Crippen LogP contribution is 2.15. The fraction of sp³-hybridized carbons (Fsp3) is 0.500. The first-order valence-corrected chi connectivity index (χ1v) is 13.5. The summed E-state index contributed by atoms with van der Waals surface area (Å²) in [5, 5.41) is 0. The summed E-state index contributed by atoms with van der Waals surface area (Å²) in [4.78, 5) is 29.7. The highest BCUT2D eigenvalue weighted by Gasteiger charge is 2.12. The van der Waals surface area contributed by atoms with Crippen LogP contribution < -0.4 is 0 Å². The SMILES string of the molecule is CCCN(CCC)CCCCCC(=O)c1ccc(CN(Cc2ccc(C)cn2)Cc2ncc[nH]2)cc1. The molecule has 0 saturated heterocycles. The Kier molecular flexibility index (Phi) is 11.8. The van der Waals surface area contributed by atoms with E-state index in [1.54, 1.807) is 6.20 Å². The number of unbranched alkanes of at least 4 members (excludes halogenated alkanes) is 2. The van der Waals surface area contributed by atoms with Crippen LogP contribution in [0.2, 0.25) is 0 Å². The van der Waals surface area contributed by atoms with E-state index >= 15 is 0 Å². The molecule has 0 saturated carbocycles. The van der Waals surface area contributed by atoms with E-state index in [1.807, 2.05) is 24.5 Å². The molecule has 2 heterocycles. The lowest BCUT2D eigenvalue weighted by Crippen LogP contribution is -2.26. The zero-order valence-corrected chi connectivity index (χ0v) is 22.4. The molecule has 6 heteroatoms. The largest absolute Gasteiger partial charge is 0.348 e. The van der Waals surface area contributed by atoms with Crippen molar-refractivity contribution in [2.75, 3.05) is 19.6 Å². The highest BCUT2D eigenvalue weighted by atomic mass is 16.1. The number of rotatable bonds is 17. The zero-order chi connectivity index (χ0) is 25.6. The summed E-state index contributed by atoms with van der Waals surface area (Å²) in [5.74, 6) is 1.18. The van der Waals surface area contributed by atoms with E-state index in [0.717, 1.165) is 55.1 Å². The van der Waals surface area contributed by atoms with Crippen LogP contribution in [-0.2, 0) is 19.6 Å². The molecule has 0 fully saturated rings. The molecule has 0 spiro atoms. The van der Waals surface area contributed by atoms with Crippen LogP contribution in [-0.4, -0.2) is 50.2 Å². The fourth-order valence-electron chi connectivity index (χ4n) is 4.55. The number of H-pyrrole nitrogens is 1. The maximum atomic E-state index is 12.7. The minimum Gasteiger partial charge on any atom is -0.348 e. The first kappa shape index (κ1) is 27.8. The van der Waals surface area contributed by atoms with E-state index < -0.39 is 0 Å². The Labute approximate surface area is 217 Å². The third-order valence-corrected chi connectivity index (χ3v) is 6.43. The Morgan fingerprint density at radius 3 is 2.25 bits per heavy atom. The fourth-order valence-corrected chi connectivity index (χ4v) is 4.55. The summed E-state index contributed by atoms with van der Waals surface area (Å²) < 4.78 is 0. The molecule has 36 heavy (non-hydrogen) atoms. The minimum absolute atomic E-state index is 0.247. The van der Waals surface area contributed by atoms with Gasteiger partial charge >= 0.3 is 0 Å². The first-order valence-electron chi connectivity index (χ1n) is 13.5. The van der Waals surface area contributed by atoms with Gasteiger partial charge in [-0.15, -0.1) is 0 Å². The van der Waals surface area contributed by atoms with Crippen LogP contribution in [0.1, 0.15) is 85.4 Å². The van der Waals surface area contributed by atoms with Crippen LogP contribution in [0.3, 0.4) is 0 Å². The van der Waals surface area contributed by atoms with Gasteiger partial charge in [0.2, 0.25) is 0 Å². The van der Waals surface area contributed by atoms with Crippen LogP contribution in [0.4, 0.5) is 0 Å². The molecule has 0 amide bonds. The van der Waals surface area contributed by atoms with Crippen LogP contribution in [0, 0.1) is 6.92 Å². The molecule has 0 aliphatic heterocycles. The van der Waals surface area contributed by atoms with Crippen molar-refractivity contribution >= 4 is 5.78 Å². The van der Waals surface area contributed by atoms with E-state index in [9.17, 15) is 4.79 Å². The van der Waals surface area contributed by atoms with Gasteiger partial charge in [0.05, 0.1) is 12.2 Å². The van der Waals surface area contributed by atoms with Gasteiger partial charge in [0, 0.05) is 43.7 Å². The number of aryl methyl sites for hydroxylation is 1. The second-order valence-corrected chi connectivity index (χ2v) is 9.78. The number of ketones is 1. The van der Waals surface area contributed by atoms with Gasteiger partial charge < -0.3 is 9.88 Å². The molecule has 3 aromatic rings. The van der Waals surface area contributed by atoms with Crippen molar-refractivity contribution in [3.05, 3.63) is 83.2 Å². The number of pyridine rings is 1. The van der Waals surface area contributed by atoms with Gasteiger partial charge in [-0.05, 0) is 69.4 Å². The Hall–Kier alpha value is -2.83. The normalized spacial score (nSPS) is 11.5. The van der Waals surface area contributed by atoms with Crippen molar-refractivity contribution in [3.63, 3.8) is 0 Å². The number of carbonyl (C=O) groups excluding carboxylic acids is 1. The number of Topliss-reactive ketones (excluding diaryl/α,β-unsaturated/α-hetero) is 1. The van der Waals surface area contributed by atoms with Crippen molar-refractivity contribution in [1.29, 1.82) is 0 Å². The van der Waals surface area contributed by atoms with Gasteiger partial charge in [-0.1, -0.05) is 50.6 Å². The quantitative estimate of drug-likeness (QED) is 0.181. The number of hydrogen-bond donors (Lipinski definition) is 1. The summed E-state index contributed by atoms with van der Waals surface area (Å²) in [7, 11) is 0. The Balaban J connectivity index is 1.49. The smallest absolute Gasteiger partial charge is 0.162 e. The number of nitrogens with one attached hydrogen (secondary N) is 1. The van der Waals surface area contributed by atoms with Gasteiger partial charge in [0.25, 0.3) is 0 Å². The molecule has 6 nitrogen and oxygen atoms in total. The lowest BCUT2D eigenvalue weighted by molar-refractivity contribution is 0.0978. The molecule has 0 aliphatic carbocycles. The van der Waals surface area contributed by atoms with Gasteiger partial charge in [0.15, 0.2) is 5.78 Å². The second-order valence-electron chi connectivity index (χ2n) is 9.78. The highest BCUT2D eigenvalue weighted by molar-refractivity contribution is 5.96. The van der Waals surface area contributed by atoms with E-state index in [2.05, 4.69) is 69.8 Å². The lowest BCUT2D eigenvalue weighted by atomic mass is 10.0. The molecule has 0 aliphatic rings. The van der Waals surface area contributed by atoms with Crippen LogP contribution in [0.25, 0.3) is 0 Å². The van der Waals surface area contributed by atoms with Crippen LogP contribution in [0.15, 0.2) is 55.0 Å². The van der Waals surface area contributed by atoms with Crippen molar-refractivity contribution in [3.8, 4) is 0 Å². The lowest BCUT2D eigenvalue weighted by Gasteiger charge is -2.21. The monoisotopic (exact) mass is 489 g/mol. The van der Waals surface area contributed by atoms with E-state index in [-0.39, 0.29) is 5.78 Å². The Morgan fingerprint density at radius 2 is 1.61 bits per heavy atom. The van der Waals surface area contributed by atoms with E-state index in [4.69, 9.17) is 0 Å². The number of benzene rings is 1. The molecular weight excluding hydrogens is 446 g/mol. The number of imidazole rings is 1. The molecule has 1 N–H and O–H groups in total. The molecule has 3 rings (SSSR count). The average molecular weight is 490 g/mol. The molecule has 0 bridgehead atoms. The van der Waals surface area contributed by atoms with Crippen molar-refractivity contribution in [2.24, 2.45) is 0 Å². The minimum atomic E-state index is 0.247. The standard InChI is InChI=1S/C30H43N5O/c1-4-18-34(19-5-2)20-8-6-7-9-29(36)27-13-11-26(12-14-27)22-35(24-30-31-16-17-32-30)23-28-15-10-25(3)21-33-28/h10-17,21H,4-9,18-20,22-24H2,1-3H3,(H,31,32). The molecule has 1 aromatic carbocycles. The van der Waals surface area contributed by atoms with E-state index in [1.165, 1.54) is 37.9 Å². The number of carbonyl (C=O) groups is 1. The van der Waals surface area contributed by atoms with Crippen molar-refractivity contribution < 1.29 is 4.79 Å². The molecule has 2 aromatic heterocycles. The zero-order valence-electron chi connectivity index (χ0n) is 22.4. The van der Waals surface area contributed by atoms with Crippen LogP contribution in [0.5, 0.6) is 0 Å². The van der Waals surface area contributed by atoms with Gasteiger partial charge in [-0.25, -0.2) is 4.98 Å². The molecular formula is C30H43N5O. The van der Waals surface area contributed by atoms with Crippen molar-refractivity contribution in [1.82, 2.24) is 24.8 Å². The average Bonchev–Trinajstić information content (AvgIpc) is 3.39. The molecule has 194 valence electrons. The maximum Gasteiger partial charge on any atom is 0.162 e. The second kappa shape index (κ2) is 15.3. The summed E-state index contributed by atoms with van der Waals surface area (Å²) in [6, 6.07) is 12.3. The third-order valence-electron chi connectivity index (χ3n) is 6.43. The predicted octanol–water partition coefficient (Wildman–Crippen LogP) is 6.18. The molecule has 0 unspecified atom stereocenters. The molecule has 0 radical (unpaired) electrons. The summed E-state index contributed by atoms with van der Waals surface area (Å²) in [5.41, 5.74) is 4.19. The summed E-state index contributed by atoms with van der Waals surface area (Å²) in [6.45, 7) is 12.2. The first-order chi connectivity index (χ1) is 17.6. The van der Waals surface area contributed by atoms with Gasteiger partial charge in [0.1, 0.15) is 5.82 Å². The number of aromatic nitrogens is 3.